The van der Waals surface area contributed by atoms with Gasteiger partial charge in [-0.1, -0.05) is 59.8 Å². The van der Waals surface area contributed by atoms with Crippen LogP contribution in [-0.4, -0.2) is 37.1 Å². The van der Waals surface area contributed by atoms with E-state index in [1.165, 1.54) is 57.9 Å². The second kappa shape index (κ2) is 9.04. The SMILES string of the molecule is CCCC(C)(CNC(C)C)CN(C)C1CCCCCC1. The normalized spacial score (nSPS) is 21.1. The highest BCUT2D eigenvalue weighted by molar-refractivity contribution is 4.83. The molecule has 120 valence electrons. The Bertz CT molecular complexity index is 244. The van der Waals surface area contributed by atoms with Gasteiger partial charge in [0.2, 0.25) is 0 Å². The summed E-state index contributed by atoms with van der Waals surface area (Å²) >= 11 is 0. The molecule has 0 spiro atoms. The summed E-state index contributed by atoms with van der Waals surface area (Å²) in [6.45, 7) is 11.7. The molecule has 1 aliphatic carbocycles. The Kier molecular flexibility index (Phi) is 8.13. The molecule has 1 unspecified atom stereocenters. The first kappa shape index (κ1) is 18.0. The summed E-state index contributed by atoms with van der Waals surface area (Å²) in [6.07, 6.45) is 11.2. The van der Waals surface area contributed by atoms with E-state index in [0.29, 0.717) is 11.5 Å². The lowest BCUT2D eigenvalue weighted by Crippen LogP contribution is -2.45. The van der Waals surface area contributed by atoms with Gasteiger partial charge in [0.05, 0.1) is 0 Å². The Morgan fingerprint density at radius 1 is 1.15 bits per heavy atom. The molecule has 0 aromatic heterocycles. The first-order valence-electron chi connectivity index (χ1n) is 8.90. The number of hydrogen-bond acceptors (Lipinski definition) is 2. The van der Waals surface area contributed by atoms with E-state index < -0.39 is 0 Å². The smallest absolute Gasteiger partial charge is 0.00924 e. The van der Waals surface area contributed by atoms with Crippen LogP contribution in [0.25, 0.3) is 0 Å². The van der Waals surface area contributed by atoms with Crippen LogP contribution in [0.5, 0.6) is 0 Å². The number of nitrogens with zero attached hydrogens (tertiary/aromatic N) is 1. The summed E-state index contributed by atoms with van der Waals surface area (Å²) < 4.78 is 0. The summed E-state index contributed by atoms with van der Waals surface area (Å²) in [5.41, 5.74) is 0.417. The zero-order valence-electron chi connectivity index (χ0n) is 14.7. The molecule has 0 aromatic carbocycles. The minimum atomic E-state index is 0.417. The monoisotopic (exact) mass is 282 g/mol. The lowest BCUT2D eigenvalue weighted by atomic mass is 9.84. The summed E-state index contributed by atoms with van der Waals surface area (Å²) in [7, 11) is 2.36. The predicted molar refractivity (Wildman–Crippen MR) is 90.3 cm³/mol. The summed E-state index contributed by atoms with van der Waals surface area (Å²) in [6, 6.07) is 1.42. The standard InChI is InChI=1S/C18H38N2/c1-6-13-18(4,14-19-16(2)3)15-20(5)17-11-9-7-8-10-12-17/h16-17,19H,6-15H2,1-5H3. The van der Waals surface area contributed by atoms with Crippen LogP contribution < -0.4 is 5.32 Å². The second-order valence-electron chi connectivity index (χ2n) is 7.66. The van der Waals surface area contributed by atoms with Crippen LogP contribution >= 0.6 is 0 Å². The van der Waals surface area contributed by atoms with Gasteiger partial charge in [-0.2, -0.15) is 0 Å². The second-order valence-corrected chi connectivity index (χ2v) is 7.66. The maximum absolute atomic E-state index is 3.66. The fourth-order valence-corrected chi connectivity index (χ4v) is 3.71. The van der Waals surface area contributed by atoms with Crippen molar-refractivity contribution in [2.24, 2.45) is 5.41 Å². The molecule has 2 nitrogen and oxygen atoms in total. The maximum Gasteiger partial charge on any atom is 0.00924 e. The van der Waals surface area contributed by atoms with E-state index in [1.54, 1.807) is 0 Å². The molecule has 1 rings (SSSR count). The van der Waals surface area contributed by atoms with Crippen molar-refractivity contribution in [2.45, 2.75) is 91.1 Å². The van der Waals surface area contributed by atoms with Crippen molar-refractivity contribution in [2.75, 3.05) is 20.1 Å². The molecular weight excluding hydrogens is 244 g/mol. The van der Waals surface area contributed by atoms with Gasteiger partial charge in [0.15, 0.2) is 0 Å². The van der Waals surface area contributed by atoms with E-state index in [9.17, 15) is 0 Å². The minimum Gasteiger partial charge on any atom is -0.314 e. The van der Waals surface area contributed by atoms with Crippen molar-refractivity contribution in [3.05, 3.63) is 0 Å². The third-order valence-corrected chi connectivity index (χ3v) is 4.87. The quantitative estimate of drug-likeness (QED) is 0.662. The third-order valence-electron chi connectivity index (χ3n) is 4.87. The van der Waals surface area contributed by atoms with Crippen molar-refractivity contribution < 1.29 is 0 Å². The number of nitrogens with one attached hydrogen (secondary N) is 1. The Labute approximate surface area is 127 Å². The highest BCUT2D eigenvalue weighted by Crippen LogP contribution is 2.28. The average Bonchev–Trinajstić information content (AvgIpc) is 2.65. The molecule has 0 amide bonds. The Hall–Kier alpha value is -0.0800. The van der Waals surface area contributed by atoms with E-state index >= 15 is 0 Å². The van der Waals surface area contributed by atoms with Crippen molar-refractivity contribution in [3.63, 3.8) is 0 Å². The van der Waals surface area contributed by atoms with Gasteiger partial charge in [0.25, 0.3) is 0 Å². The van der Waals surface area contributed by atoms with Gasteiger partial charge in [-0.05, 0) is 31.7 Å². The fraction of sp³-hybridized carbons (Fsp3) is 1.00. The van der Waals surface area contributed by atoms with Gasteiger partial charge in [0.1, 0.15) is 0 Å². The van der Waals surface area contributed by atoms with E-state index in [-0.39, 0.29) is 0 Å². The Morgan fingerprint density at radius 2 is 1.75 bits per heavy atom. The zero-order chi connectivity index (χ0) is 15.0. The van der Waals surface area contributed by atoms with E-state index in [4.69, 9.17) is 0 Å². The van der Waals surface area contributed by atoms with Crippen LogP contribution in [0, 0.1) is 5.41 Å². The van der Waals surface area contributed by atoms with Gasteiger partial charge in [-0.15, -0.1) is 0 Å². The molecule has 1 N–H and O–H groups in total. The van der Waals surface area contributed by atoms with Crippen LogP contribution in [0.3, 0.4) is 0 Å². The minimum absolute atomic E-state index is 0.417. The zero-order valence-corrected chi connectivity index (χ0v) is 14.7. The molecule has 2 heteroatoms. The lowest BCUT2D eigenvalue weighted by molar-refractivity contribution is 0.124. The highest BCUT2D eigenvalue weighted by Gasteiger charge is 2.28. The maximum atomic E-state index is 3.66. The summed E-state index contributed by atoms with van der Waals surface area (Å²) in [5.74, 6) is 0. The van der Waals surface area contributed by atoms with Crippen molar-refractivity contribution in [3.8, 4) is 0 Å². The predicted octanol–water partition coefficient (Wildman–Crippen LogP) is 4.45. The summed E-state index contributed by atoms with van der Waals surface area (Å²) in [4.78, 5) is 2.67. The number of rotatable bonds is 8. The van der Waals surface area contributed by atoms with Gasteiger partial charge in [-0.25, -0.2) is 0 Å². The van der Waals surface area contributed by atoms with Crippen LogP contribution in [0.4, 0.5) is 0 Å². The highest BCUT2D eigenvalue weighted by atomic mass is 15.1. The van der Waals surface area contributed by atoms with Crippen LogP contribution in [0.1, 0.15) is 79.1 Å². The third kappa shape index (κ3) is 6.58. The Balaban J connectivity index is 2.53. The van der Waals surface area contributed by atoms with Crippen molar-refractivity contribution in [1.29, 1.82) is 0 Å². The molecule has 1 atom stereocenters. The van der Waals surface area contributed by atoms with Gasteiger partial charge < -0.3 is 10.2 Å². The molecule has 0 aromatic rings. The fourth-order valence-electron chi connectivity index (χ4n) is 3.71. The summed E-state index contributed by atoms with van der Waals surface area (Å²) in [5, 5.41) is 3.66. The van der Waals surface area contributed by atoms with Gasteiger partial charge >= 0.3 is 0 Å². The van der Waals surface area contributed by atoms with Gasteiger partial charge in [-0.3, -0.25) is 0 Å². The number of hydrogen-bond donors (Lipinski definition) is 1. The topological polar surface area (TPSA) is 15.3 Å². The van der Waals surface area contributed by atoms with E-state index in [1.807, 2.05) is 0 Å². The molecule has 1 aliphatic rings. The molecule has 0 aliphatic heterocycles. The van der Waals surface area contributed by atoms with E-state index in [2.05, 4.69) is 45.0 Å². The molecular formula is C18H38N2. The Morgan fingerprint density at radius 3 is 2.25 bits per heavy atom. The molecule has 0 bridgehead atoms. The molecule has 0 saturated heterocycles. The van der Waals surface area contributed by atoms with Crippen molar-refractivity contribution in [1.82, 2.24) is 10.2 Å². The first-order valence-corrected chi connectivity index (χ1v) is 8.90. The van der Waals surface area contributed by atoms with Crippen LogP contribution in [-0.2, 0) is 0 Å². The van der Waals surface area contributed by atoms with Crippen LogP contribution in [0.2, 0.25) is 0 Å². The van der Waals surface area contributed by atoms with Crippen molar-refractivity contribution >= 4 is 0 Å². The van der Waals surface area contributed by atoms with Gasteiger partial charge in [0, 0.05) is 25.2 Å². The molecule has 1 saturated carbocycles. The molecule has 1 fully saturated rings. The lowest BCUT2D eigenvalue weighted by Gasteiger charge is -2.38. The molecule has 0 radical (unpaired) electrons. The molecule has 20 heavy (non-hydrogen) atoms. The molecule has 0 heterocycles. The van der Waals surface area contributed by atoms with Crippen LogP contribution in [0.15, 0.2) is 0 Å². The van der Waals surface area contributed by atoms with E-state index in [0.717, 1.165) is 12.6 Å². The first-order chi connectivity index (χ1) is 9.47. The average molecular weight is 283 g/mol. The largest absolute Gasteiger partial charge is 0.314 e.